The lowest BCUT2D eigenvalue weighted by Crippen LogP contribution is -2.45. The van der Waals surface area contributed by atoms with Gasteiger partial charge in [0.1, 0.15) is 0 Å². The molecule has 2 aliphatic rings. The van der Waals surface area contributed by atoms with Gasteiger partial charge in [-0.05, 0) is 39.3 Å². The quantitative estimate of drug-likeness (QED) is 0.753. The summed E-state index contributed by atoms with van der Waals surface area (Å²) in [6, 6.07) is 1.68. The van der Waals surface area contributed by atoms with E-state index in [4.69, 9.17) is 0 Å². The number of nitrogens with one attached hydrogen (secondary N) is 1. The Morgan fingerprint density at radius 2 is 1.53 bits per heavy atom. The van der Waals surface area contributed by atoms with Gasteiger partial charge in [0.05, 0.1) is 0 Å². The van der Waals surface area contributed by atoms with Gasteiger partial charge in [-0.1, -0.05) is 25.7 Å². The molecule has 2 rings (SSSR count). The zero-order chi connectivity index (χ0) is 10.5. The van der Waals surface area contributed by atoms with E-state index in [1.165, 1.54) is 64.5 Å². The minimum Gasteiger partial charge on any atom is -0.315 e. The summed E-state index contributed by atoms with van der Waals surface area (Å²) in [4.78, 5) is 2.68. The van der Waals surface area contributed by atoms with Gasteiger partial charge in [0.15, 0.2) is 0 Å². The highest BCUT2D eigenvalue weighted by Gasteiger charge is 2.24. The van der Waals surface area contributed by atoms with Crippen LogP contribution in [0.25, 0.3) is 0 Å². The summed E-state index contributed by atoms with van der Waals surface area (Å²) in [5.74, 6) is 0. The zero-order valence-corrected chi connectivity index (χ0v) is 10.2. The number of likely N-dealkylation sites (N-methyl/N-ethyl adjacent to an activating group) is 1. The molecule has 0 amide bonds. The summed E-state index contributed by atoms with van der Waals surface area (Å²) in [6.45, 7) is 2.45. The average Bonchev–Trinajstić information content (AvgIpc) is 2.58. The molecule has 1 aliphatic carbocycles. The molecule has 1 unspecified atom stereocenters. The van der Waals surface area contributed by atoms with Crippen LogP contribution in [0, 0.1) is 0 Å². The lowest BCUT2D eigenvalue weighted by molar-refractivity contribution is 0.132. The fourth-order valence-electron chi connectivity index (χ4n) is 3.13. The van der Waals surface area contributed by atoms with E-state index in [-0.39, 0.29) is 0 Å². The minimum atomic E-state index is 0.801. The number of hydrogen-bond donors (Lipinski definition) is 1. The van der Waals surface area contributed by atoms with E-state index in [0.717, 1.165) is 12.1 Å². The number of rotatable bonds is 2. The molecule has 0 aromatic heterocycles. The molecule has 2 nitrogen and oxygen atoms in total. The van der Waals surface area contributed by atoms with Gasteiger partial charge < -0.3 is 5.32 Å². The Labute approximate surface area is 94.4 Å². The van der Waals surface area contributed by atoms with Crippen LogP contribution < -0.4 is 5.32 Å². The summed E-state index contributed by atoms with van der Waals surface area (Å²) in [6.07, 6.45) is 11.4. The van der Waals surface area contributed by atoms with Crippen molar-refractivity contribution in [3.8, 4) is 0 Å². The Hall–Kier alpha value is -0.0800. The zero-order valence-electron chi connectivity index (χ0n) is 10.2. The number of hydrogen-bond acceptors (Lipinski definition) is 2. The van der Waals surface area contributed by atoms with E-state index < -0.39 is 0 Å². The summed E-state index contributed by atoms with van der Waals surface area (Å²) >= 11 is 0. The molecule has 1 N–H and O–H groups in total. The van der Waals surface area contributed by atoms with Gasteiger partial charge in [-0.3, -0.25) is 4.90 Å². The summed E-state index contributed by atoms with van der Waals surface area (Å²) in [5.41, 5.74) is 0. The van der Waals surface area contributed by atoms with Crippen molar-refractivity contribution < 1.29 is 0 Å². The van der Waals surface area contributed by atoms with Crippen LogP contribution in [0.3, 0.4) is 0 Å². The van der Waals surface area contributed by atoms with Gasteiger partial charge in [0.25, 0.3) is 0 Å². The largest absolute Gasteiger partial charge is 0.315 e. The van der Waals surface area contributed by atoms with Crippen LogP contribution in [0.4, 0.5) is 0 Å². The van der Waals surface area contributed by atoms with Gasteiger partial charge in [-0.15, -0.1) is 0 Å². The smallest absolute Gasteiger partial charge is 0.0220 e. The Kier molecular flexibility index (Phi) is 4.45. The first kappa shape index (κ1) is 11.4. The maximum Gasteiger partial charge on any atom is 0.0220 e. The first-order valence-corrected chi connectivity index (χ1v) is 6.80. The standard InChI is InChI=1S/C13H26N2/c1-15(12-7-3-2-4-8-12)13-9-5-6-10-14-11-13/h12-14H,2-11H2,1H3. The van der Waals surface area contributed by atoms with Crippen LogP contribution >= 0.6 is 0 Å². The normalized spacial score (nSPS) is 30.4. The molecule has 1 saturated carbocycles. The second-order valence-electron chi connectivity index (χ2n) is 5.31. The van der Waals surface area contributed by atoms with Crippen LogP contribution in [0.2, 0.25) is 0 Å². The molecular weight excluding hydrogens is 184 g/mol. The molecule has 2 fully saturated rings. The first-order chi connectivity index (χ1) is 7.38. The third kappa shape index (κ3) is 3.18. The van der Waals surface area contributed by atoms with Crippen molar-refractivity contribution in [2.75, 3.05) is 20.1 Å². The average molecular weight is 210 g/mol. The van der Waals surface area contributed by atoms with Gasteiger partial charge in [-0.25, -0.2) is 0 Å². The van der Waals surface area contributed by atoms with Gasteiger partial charge in [0.2, 0.25) is 0 Å². The van der Waals surface area contributed by atoms with Crippen molar-refractivity contribution in [2.45, 2.75) is 63.5 Å². The predicted octanol–water partition coefficient (Wildman–Crippen LogP) is 2.39. The molecule has 1 atom stereocenters. The lowest BCUT2D eigenvalue weighted by Gasteiger charge is -2.36. The van der Waals surface area contributed by atoms with E-state index in [0.29, 0.717) is 0 Å². The summed E-state index contributed by atoms with van der Waals surface area (Å²) < 4.78 is 0. The maximum atomic E-state index is 3.58. The lowest BCUT2D eigenvalue weighted by atomic mass is 9.93. The third-order valence-electron chi connectivity index (χ3n) is 4.25. The van der Waals surface area contributed by atoms with Crippen LogP contribution in [-0.2, 0) is 0 Å². The fraction of sp³-hybridized carbons (Fsp3) is 1.00. The molecule has 0 aromatic rings. The van der Waals surface area contributed by atoms with Crippen molar-refractivity contribution in [3.63, 3.8) is 0 Å². The Morgan fingerprint density at radius 1 is 0.867 bits per heavy atom. The van der Waals surface area contributed by atoms with Crippen molar-refractivity contribution >= 4 is 0 Å². The molecular formula is C13H26N2. The van der Waals surface area contributed by atoms with E-state index in [2.05, 4.69) is 17.3 Å². The molecule has 0 bridgehead atoms. The van der Waals surface area contributed by atoms with Crippen LogP contribution in [0.1, 0.15) is 51.4 Å². The van der Waals surface area contributed by atoms with Crippen molar-refractivity contribution in [2.24, 2.45) is 0 Å². The highest BCUT2D eigenvalue weighted by atomic mass is 15.2. The molecule has 0 spiro atoms. The van der Waals surface area contributed by atoms with Crippen LogP contribution in [0.15, 0.2) is 0 Å². The molecule has 1 saturated heterocycles. The topological polar surface area (TPSA) is 15.3 Å². The second kappa shape index (κ2) is 5.86. The molecule has 15 heavy (non-hydrogen) atoms. The van der Waals surface area contributed by atoms with Crippen molar-refractivity contribution in [1.29, 1.82) is 0 Å². The summed E-state index contributed by atoms with van der Waals surface area (Å²) in [5, 5.41) is 3.58. The minimum absolute atomic E-state index is 0.801. The Bertz CT molecular complexity index is 167. The molecule has 0 radical (unpaired) electrons. The first-order valence-electron chi connectivity index (χ1n) is 6.80. The fourth-order valence-corrected chi connectivity index (χ4v) is 3.13. The monoisotopic (exact) mass is 210 g/mol. The van der Waals surface area contributed by atoms with E-state index in [1.54, 1.807) is 0 Å². The highest BCUT2D eigenvalue weighted by Crippen LogP contribution is 2.24. The van der Waals surface area contributed by atoms with Gasteiger partial charge in [-0.2, -0.15) is 0 Å². The van der Waals surface area contributed by atoms with Crippen LogP contribution in [0.5, 0.6) is 0 Å². The molecule has 0 aromatic carbocycles. The van der Waals surface area contributed by atoms with Gasteiger partial charge in [0, 0.05) is 18.6 Å². The predicted molar refractivity (Wildman–Crippen MR) is 65.1 cm³/mol. The third-order valence-corrected chi connectivity index (χ3v) is 4.25. The number of nitrogens with zero attached hydrogens (tertiary/aromatic N) is 1. The van der Waals surface area contributed by atoms with E-state index in [1.807, 2.05) is 0 Å². The van der Waals surface area contributed by atoms with E-state index in [9.17, 15) is 0 Å². The van der Waals surface area contributed by atoms with Gasteiger partial charge >= 0.3 is 0 Å². The van der Waals surface area contributed by atoms with Crippen molar-refractivity contribution in [3.05, 3.63) is 0 Å². The molecule has 2 heteroatoms. The highest BCUT2D eigenvalue weighted by molar-refractivity contribution is 4.82. The molecule has 1 aliphatic heterocycles. The van der Waals surface area contributed by atoms with E-state index >= 15 is 0 Å². The maximum absolute atomic E-state index is 3.58. The summed E-state index contributed by atoms with van der Waals surface area (Å²) in [7, 11) is 2.35. The van der Waals surface area contributed by atoms with Crippen molar-refractivity contribution in [1.82, 2.24) is 10.2 Å². The van der Waals surface area contributed by atoms with Crippen LogP contribution in [-0.4, -0.2) is 37.1 Å². The second-order valence-corrected chi connectivity index (χ2v) is 5.31. The Morgan fingerprint density at radius 3 is 2.33 bits per heavy atom. The Balaban J connectivity index is 1.83. The SMILES string of the molecule is CN(C1CCCCC1)C1CCCCNC1. The molecule has 88 valence electrons. The molecule has 1 heterocycles.